The van der Waals surface area contributed by atoms with Crippen molar-refractivity contribution in [2.45, 2.75) is 52.0 Å². The fourth-order valence-electron chi connectivity index (χ4n) is 2.68. The van der Waals surface area contributed by atoms with Gasteiger partial charge in [-0.1, -0.05) is 18.5 Å². The maximum atomic E-state index is 11.7. The molecule has 116 valence electrons. The fraction of sp³-hybridized carbons (Fsp3) is 0.667. The van der Waals surface area contributed by atoms with Crippen molar-refractivity contribution in [3.63, 3.8) is 0 Å². The first kappa shape index (κ1) is 16.0. The number of rotatable bonds is 5. The van der Waals surface area contributed by atoms with Gasteiger partial charge in [0.1, 0.15) is 17.2 Å². The lowest BCUT2D eigenvalue weighted by atomic mass is 9.86. The highest BCUT2D eigenvalue weighted by Gasteiger charge is 2.27. The van der Waals surface area contributed by atoms with E-state index in [0.717, 1.165) is 37.8 Å². The molecule has 1 heterocycles. The molecule has 0 amide bonds. The molecule has 1 fully saturated rings. The molecule has 0 atom stereocenters. The van der Waals surface area contributed by atoms with Crippen LogP contribution in [0.5, 0.6) is 0 Å². The Hall–Kier alpha value is -1.36. The summed E-state index contributed by atoms with van der Waals surface area (Å²) < 4.78 is 5.08. The Bertz CT molecular complexity index is 488. The summed E-state index contributed by atoms with van der Waals surface area (Å²) in [5.41, 5.74) is 0.856. The Balaban J connectivity index is 1.90. The minimum Gasteiger partial charge on any atom is -0.466 e. The molecule has 1 aromatic rings. The average molecular weight is 312 g/mol. The maximum absolute atomic E-state index is 11.7. The van der Waals surface area contributed by atoms with Crippen molar-refractivity contribution >= 4 is 23.4 Å². The smallest absolute Gasteiger partial charge is 0.308 e. The van der Waals surface area contributed by atoms with Crippen LogP contribution in [0, 0.1) is 5.92 Å². The van der Waals surface area contributed by atoms with Crippen molar-refractivity contribution in [1.29, 1.82) is 0 Å². The van der Waals surface area contributed by atoms with Crippen LogP contribution in [-0.2, 0) is 16.0 Å². The molecule has 5 nitrogen and oxygen atoms in total. The van der Waals surface area contributed by atoms with Crippen molar-refractivity contribution in [3.8, 4) is 0 Å². The lowest BCUT2D eigenvalue weighted by Gasteiger charge is -2.28. The molecule has 1 aliphatic carbocycles. The van der Waals surface area contributed by atoms with E-state index in [1.54, 1.807) is 0 Å². The summed E-state index contributed by atoms with van der Waals surface area (Å²) in [5, 5.41) is 3.98. The molecule has 0 unspecified atom stereocenters. The van der Waals surface area contributed by atoms with E-state index in [0.29, 0.717) is 23.5 Å². The second-order valence-corrected chi connectivity index (χ2v) is 5.66. The summed E-state index contributed by atoms with van der Waals surface area (Å²) in [6.07, 6.45) is 5.86. The molecule has 0 bridgehead atoms. The third kappa shape index (κ3) is 4.06. The first-order chi connectivity index (χ1) is 10.2. The van der Waals surface area contributed by atoms with E-state index < -0.39 is 0 Å². The molecular weight excluding hydrogens is 290 g/mol. The van der Waals surface area contributed by atoms with Gasteiger partial charge < -0.3 is 10.1 Å². The molecule has 0 aromatic carbocycles. The first-order valence-electron chi connectivity index (χ1n) is 7.58. The lowest BCUT2D eigenvalue weighted by molar-refractivity contribution is -0.149. The van der Waals surface area contributed by atoms with E-state index in [2.05, 4.69) is 15.3 Å². The number of halogens is 1. The zero-order valence-electron chi connectivity index (χ0n) is 12.6. The zero-order valence-corrected chi connectivity index (χ0v) is 13.3. The number of hydrogen-bond donors (Lipinski definition) is 1. The van der Waals surface area contributed by atoms with Crippen molar-refractivity contribution in [2.75, 3.05) is 11.9 Å². The number of aromatic nitrogens is 2. The van der Waals surface area contributed by atoms with Gasteiger partial charge in [0.2, 0.25) is 0 Å². The standard InChI is InChI=1S/C15H22ClN3O2/c1-3-12-13(16)14(18-9-17-12)19-11-7-5-10(6-8-11)15(20)21-4-2/h9-11H,3-8H2,1-2H3,(H,17,18,19). The molecular formula is C15H22ClN3O2. The van der Waals surface area contributed by atoms with Crippen LogP contribution in [0.15, 0.2) is 6.33 Å². The second kappa shape index (κ2) is 7.59. The number of nitrogens with one attached hydrogen (secondary N) is 1. The molecule has 1 aliphatic rings. The zero-order chi connectivity index (χ0) is 15.2. The van der Waals surface area contributed by atoms with E-state index in [9.17, 15) is 4.79 Å². The van der Waals surface area contributed by atoms with Gasteiger partial charge in [-0.2, -0.15) is 0 Å². The van der Waals surface area contributed by atoms with Gasteiger partial charge >= 0.3 is 5.97 Å². The highest BCUT2D eigenvalue weighted by molar-refractivity contribution is 6.33. The van der Waals surface area contributed by atoms with Gasteiger partial charge in [-0.15, -0.1) is 0 Å². The summed E-state index contributed by atoms with van der Waals surface area (Å²) in [4.78, 5) is 20.1. The van der Waals surface area contributed by atoms with E-state index >= 15 is 0 Å². The highest BCUT2D eigenvalue weighted by atomic mass is 35.5. The Labute approximate surface area is 130 Å². The SMILES string of the molecule is CCOC(=O)C1CCC(Nc2ncnc(CC)c2Cl)CC1. The van der Waals surface area contributed by atoms with E-state index in [1.165, 1.54) is 6.33 Å². The van der Waals surface area contributed by atoms with Crippen molar-refractivity contribution in [2.24, 2.45) is 5.92 Å². The minimum atomic E-state index is -0.0655. The first-order valence-corrected chi connectivity index (χ1v) is 7.96. The Morgan fingerprint density at radius 3 is 2.67 bits per heavy atom. The van der Waals surface area contributed by atoms with Crippen LogP contribution in [0.4, 0.5) is 5.82 Å². The predicted molar refractivity (Wildman–Crippen MR) is 82.4 cm³/mol. The van der Waals surface area contributed by atoms with Crippen molar-refractivity contribution in [1.82, 2.24) is 9.97 Å². The lowest BCUT2D eigenvalue weighted by Crippen LogP contribution is -2.30. The molecule has 0 radical (unpaired) electrons. The Kier molecular flexibility index (Phi) is 5.79. The summed E-state index contributed by atoms with van der Waals surface area (Å²) in [6.45, 7) is 4.31. The summed E-state index contributed by atoms with van der Waals surface area (Å²) in [7, 11) is 0. The van der Waals surface area contributed by atoms with Crippen LogP contribution in [0.2, 0.25) is 5.02 Å². The van der Waals surface area contributed by atoms with E-state index in [4.69, 9.17) is 16.3 Å². The molecule has 6 heteroatoms. The molecule has 1 saturated carbocycles. The van der Waals surface area contributed by atoms with Gasteiger partial charge in [-0.05, 0) is 39.0 Å². The Morgan fingerprint density at radius 1 is 1.33 bits per heavy atom. The topological polar surface area (TPSA) is 64.1 Å². The molecule has 2 rings (SSSR count). The van der Waals surface area contributed by atoms with Crippen LogP contribution in [-0.4, -0.2) is 28.6 Å². The minimum absolute atomic E-state index is 0.0371. The number of nitrogens with zero attached hydrogens (tertiary/aromatic N) is 2. The van der Waals surface area contributed by atoms with Gasteiger partial charge in [0.05, 0.1) is 18.2 Å². The number of carbonyl (C=O) groups excluding carboxylic acids is 1. The fourth-order valence-corrected chi connectivity index (χ4v) is 2.97. The number of ether oxygens (including phenoxy) is 1. The second-order valence-electron chi connectivity index (χ2n) is 5.28. The molecule has 1 N–H and O–H groups in total. The van der Waals surface area contributed by atoms with E-state index in [1.807, 2.05) is 13.8 Å². The van der Waals surface area contributed by atoms with Crippen molar-refractivity contribution < 1.29 is 9.53 Å². The van der Waals surface area contributed by atoms with Crippen LogP contribution in [0.3, 0.4) is 0 Å². The largest absolute Gasteiger partial charge is 0.466 e. The summed E-state index contributed by atoms with van der Waals surface area (Å²) in [6, 6.07) is 0.299. The predicted octanol–water partition coefficient (Wildman–Crippen LogP) is 3.23. The van der Waals surface area contributed by atoms with E-state index in [-0.39, 0.29) is 11.9 Å². The number of aryl methyl sites for hydroxylation is 1. The third-order valence-electron chi connectivity index (χ3n) is 3.88. The summed E-state index contributed by atoms with van der Waals surface area (Å²) >= 11 is 6.29. The van der Waals surface area contributed by atoms with Gasteiger partial charge in [0, 0.05) is 6.04 Å². The third-order valence-corrected chi connectivity index (χ3v) is 4.28. The number of hydrogen-bond acceptors (Lipinski definition) is 5. The van der Waals surface area contributed by atoms with Gasteiger partial charge in [-0.25, -0.2) is 9.97 Å². The van der Waals surface area contributed by atoms with Crippen LogP contribution in [0.1, 0.15) is 45.2 Å². The normalized spacial score (nSPS) is 21.9. The van der Waals surface area contributed by atoms with Gasteiger partial charge in [0.15, 0.2) is 0 Å². The molecule has 21 heavy (non-hydrogen) atoms. The van der Waals surface area contributed by atoms with Crippen LogP contribution < -0.4 is 5.32 Å². The van der Waals surface area contributed by atoms with Gasteiger partial charge in [-0.3, -0.25) is 4.79 Å². The maximum Gasteiger partial charge on any atom is 0.308 e. The molecule has 0 aliphatic heterocycles. The monoisotopic (exact) mass is 311 g/mol. The number of carbonyl (C=O) groups is 1. The van der Waals surface area contributed by atoms with Crippen LogP contribution in [0.25, 0.3) is 0 Å². The highest BCUT2D eigenvalue weighted by Crippen LogP contribution is 2.29. The van der Waals surface area contributed by atoms with Gasteiger partial charge in [0.25, 0.3) is 0 Å². The quantitative estimate of drug-likeness (QED) is 0.846. The average Bonchev–Trinajstić information content (AvgIpc) is 2.50. The number of anilines is 1. The molecule has 0 spiro atoms. The summed E-state index contributed by atoms with van der Waals surface area (Å²) in [5.74, 6) is 0.669. The number of esters is 1. The molecule has 1 aromatic heterocycles. The Morgan fingerprint density at radius 2 is 2.05 bits per heavy atom. The molecule has 0 saturated heterocycles. The van der Waals surface area contributed by atoms with Crippen molar-refractivity contribution in [3.05, 3.63) is 17.0 Å². The van der Waals surface area contributed by atoms with Crippen LogP contribution >= 0.6 is 11.6 Å².